The molecule has 8 heteroatoms. The van der Waals surface area contributed by atoms with E-state index in [0.29, 0.717) is 40.9 Å². The van der Waals surface area contributed by atoms with Crippen LogP contribution in [0.3, 0.4) is 0 Å². The summed E-state index contributed by atoms with van der Waals surface area (Å²) >= 11 is 1.33. The number of furan rings is 1. The molecule has 3 rings (SSSR count). The van der Waals surface area contributed by atoms with E-state index in [1.165, 1.54) is 11.3 Å². The smallest absolute Gasteiger partial charge is 0.270 e. The van der Waals surface area contributed by atoms with Gasteiger partial charge in [0.25, 0.3) is 11.8 Å². The van der Waals surface area contributed by atoms with E-state index in [0.717, 1.165) is 0 Å². The number of methoxy groups -OCH3 is 1. The van der Waals surface area contributed by atoms with Crippen molar-refractivity contribution in [1.82, 2.24) is 15.6 Å². The van der Waals surface area contributed by atoms with Gasteiger partial charge in [0, 0.05) is 24.0 Å². The summed E-state index contributed by atoms with van der Waals surface area (Å²) in [6.45, 7) is 0.611. The predicted molar refractivity (Wildman–Crippen MR) is 97.5 cm³/mol. The Bertz CT molecular complexity index is 872. The summed E-state index contributed by atoms with van der Waals surface area (Å²) in [6, 6.07) is 10.3. The number of benzene rings is 1. The standard InChI is InChI=1S/C18H17N3O4S/c1-24-13-6-4-12(5-7-13)16(22)19-8-9-20-17(23)14-11-26-18(21-14)15-3-2-10-25-15/h2-7,10-11H,8-9H2,1H3,(H,19,22)(H,20,23). The number of carbonyl (C=O) groups is 2. The molecule has 0 unspecified atom stereocenters. The largest absolute Gasteiger partial charge is 0.497 e. The molecule has 0 bridgehead atoms. The van der Waals surface area contributed by atoms with Crippen LogP contribution >= 0.6 is 11.3 Å². The summed E-state index contributed by atoms with van der Waals surface area (Å²) in [6.07, 6.45) is 1.56. The maximum atomic E-state index is 12.1. The number of nitrogens with zero attached hydrogens (tertiary/aromatic N) is 1. The summed E-state index contributed by atoms with van der Waals surface area (Å²) in [5.74, 6) is 0.806. The summed E-state index contributed by atoms with van der Waals surface area (Å²) in [5.41, 5.74) is 0.850. The van der Waals surface area contributed by atoms with Gasteiger partial charge in [-0.1, -0.05) is 0 Å². The minimum Gasteiger partial charge on any atom is -0.497 e. The van der Waals surface area contributed by atoms with Gasteiger partial charge in [0.15, 0.2) is 10.8 Å². The molecule has 3 aromatic rings. The minimum absolute atomic E-state index is 0.212. The molecule has 0 atom stereocenters. The Labute approximate surface area is 154 Å². The van der Waals surface area contributed by atoms with Crippen molar-refractivity contribution in [3.8, 4) is 16.5 Å². The minimum atomic E-state index is -0.294. The molecule has 1 aromatic carbocycles. The van der Waals surface area contributed by atoms with Crippen LogP contribution in [0.15, 0.2) is 52.5 Å². The Morgan fingerprint density at radius 1 is 1.12 bits per heavy atom. The highest BCUT2D eigenvalue weighted by molar-refractivity contribution is 7.13. The van der Waals surface area contributed by atoms with Gasteiger partial charge in [0.05, 0.1) is 13.4 Å². The van der Waals surface area contributed by atoms with Gasteiger partial charge in [-0.05, 0) is 36.4 Å². The van der Waals surface area contributed by atoms with Crippen LogP contribution in [0, 0.1) is 0 Å². The van der Waals surface area contributed by atoms with E-state index in [4.69, 9.17) is 9.15 Å². The van der Waals surface area contributed by atoms with E-state index in [2.05, 4.69) is 15.6 Å². The average molecular weight is 371 g/mol. The Morgan fingerprint density at radius 3 is 2.50 bits per heavy atom. The monoisotopic (exact) mass is 371 g/mol. The molecule has 0 aliphatic rings. The van der Waals surface area contributed by atoms with Crippen LogP contribution in [0.1, 0.15) is 20.8 Å². The SMILES string of the molecule is COc1ccc(C(=O)NCCNC(=O)c2csc(-c3ccco3)n2)cc1. The summed E-state index contributed by atoms with van der Waals surface area (Å²) in [4.78, 5) is 28.3. The molecule has 2 heterocycles. The Morgan fingerprint density at radius 2 is 1.85 bits per heavy atom. The zero-order valence-corrected chi connectivity index (χ0v) is 14.8. The van der Waals surface area contributed by atoms with Crippen molar-refractivity contribution in [2.45, 2.75) is 0 Å². The van der Waals surface area contributed by atoms with Crippen LogP contribution in [-0.2, 0) is 0 Å². The number of aromatic nitrogens is 1. The van der Waals surface area contributed by atoms with Crippen LogP contribution in [0.5, 0.6) is 5.75 Å². The van der Waals surface area contributed by atoms with Gasteiger partial charge in [-0.15, -0.1) is 11.3 Å². The van der Waals surface area contributed by atoms with Gasteiger partial charge in [-0.25, -0.2) is 4.98 Å². The van der Waals surface area contributed by atoms with Gasteiger partial charge in [-0.2, -0.15) is 0 Å². The third-order valence-electron chi connectivity index (χ3n) is 3.52. The van der Waals surface area contributed by atoms with Crippen LogP contribution in [0.4, 0.5) is 0 Å². The number of hydrogen-bond acceptors (Lipinski definition) is 6. The summed E-state index contributed by atoms with van der Waals surface area (Å²) < 4.78 is 10.3. The Kier molecular flexibility index (Phi) is 5.65. The molecule has 0 aliphatic heterocycles. The molecule has 0 saturated carbocycles. The first-order valence-electron chi connectivity index (χ1n) is 7.87. The Hall–Kier alpha value is -3.13. The molecule has 26 heavy (non-hydrogen) atoms. The molecule has 2 aromatic heterocycles. The van der Waals surface area contributed by atoms with Crippen molar-refractivity contribution in [3.63, 3.8) is 0 Å². The maximum absolute atomic E-state index is 12.1. The molecule has 2 N–H and O–H groups in total. The predicted octanol–water partition coefficient (Wildman–Crippen LogP) is 2.57. The van der Waals surface area contributed by atoms with E-state index >= 15 is 0 Å². The lowest BCUT2D eigenvalue weighted by molar-refractivity contribution is 0.0925. The number of hydrogen-bond donors (Lipinski definition) is 2. The molecule has 7 nitrogen and oxygen atoms in total. The molecule has 0 radical (unpaired) electrons. The van der Waals surface area contributed by atoms with E-state index in [1.54, 1.807) is 55.2 Å². The fourth-order valence-corrected chi connectivity index (χ4v) is 2.94. The Balaban J connectivity index is 1.44. The first-order chi connectivity index (χ1) is 12.7. The highest BCUT2D eigenvalue weighted by Crippen LogP contribution is 2.23. The van der Waals surface area contributed by atoms with Crippen molar-refractivity contribution in [1.29, 1.82) is 0 Å². The fraction of sp³-hybridized carbons (Fsp3) is 0.167. The lowest BCUT2D eigenvalue weighted by Crippen LogP contribution is -2.34. The molecule has 134 valence electrons. The molecule has 0 spiro atoms. The normalized spacial score (nSPS) is 10.3. The third-order valence-corrected chi connectivity index (χ3v) is 4.37. The van der Waals surface area contributed by atoms with Gasteiger partial charge >= 0.3 is 0 Å². The first-order valence-corrected chi connectivity index (χ1v) is 8.75. The molecule has 0 saturated heterocycles. The maximum Gasteiger partial charge on any atom is 0.270 e. The number of thiazole rings is 1. The number of nitrogens with one attached hydrogen (secondary N) is 2. The molecule has 0 aliphatic carbocycles. The number of carbonyl (C=O) groups excluding carboxylic acids is 2. The van der Waals surface area contributed by atoms with E-state index < -0.39 is 0 Å². The van der Waals surface area contributed by atoms with Crippen molar-refractivity contribution in [3.05, 3.63) is 59.3 Å². The second-order valence-electron chi connectivity index (χ2n) is 5.26. The molecular formula is C18H17N3O4S. The van der Waals surface area contributed by atoms with Crippen molar-refractivity contribution in [2.75, 3.05) is 20.2 Å². The van der Waals surface area contributed by atoms with Crippen molar-refractivity contribution < 1.29 is 18.7 Å². The number of ether oxygens (including phenoxy) is 1. The van der Waals surface area contributed by atoms with Crippen molar-refractivity contribution >= 4 is 23.2 Å². The third kappa shape index (κ3) is 4.28. The quantitative estimate of drug-likeness (QED) is 0.623. The zero-order chi connectivity index (χ0) is 18.4. The van der Waals surface area contributed by atoms with Crippen molar-refractivity contribution in [2.24, 2.45) is 0 Å². The lowest BCUT2D eigenvalue weighted by Gasteiger charge is -2.07. The average Bonchev–Trinajstić information content (AvgIpc) is 3.36. The molecule has 0 fully saturated rings. The van der Waals surface area contributed by atoms with Crippen LogP contribution in [0.2, 0.25) is 0 Å². The van der Waals surface area contributed by atoms with Gasteiger partial charge in [0.1, 0.15) is 11.4 Å². The summed E-state index contributed by atoms with van der Waals surface area (Å²) in [7, 11) is 1.57. The first kappa shape index (κ1) is 17.7. The lowest BCUT2D eigenvalue weighted by atomic mass is 10.2. The van der Waals surface area contributed by atoms with E-state index in [1.807, 2.05) is 0 Å². The van der Waals surface area contributed by atoms with Crippen LogP contribution < -0.4 is 15.4 Å². The number of rotatable bonds is 7. The van der Waals surface area contributed by atoms with Gasteiger partial charge in [-0.3, -0.25) is 9.59 Å². The second kappa shape index (κ2) is 8.30. The van der Waals surface area contributed by atoms with Crippen LogP contribution in [0.25, 0.3) is 10.8 Å². The zero-order valence-electron chi connectivity index (χ0n) is 14.0. The second-order valence-corrected chi connectivity index (χ2v) is 6.11. The molecule has 2 amide bonds. The molecular weight excluding hydrogens is 354 g/mol. The topological polar surface area (TPSA) is 93.5 Å². The summed E-state index contributed by atoms with van der Waals surface area (Å²) in [5, 5.41) is 7.78. The van der Waals surface area contributed by atoms with Gasteiger partial charge < -0.3 is 19.8 Å². The van der Waals surface area contributed by atoms with E-state index in [-0.39, 0.29) is 11.8 Å². The fourth-order valence-electron chi connectivity index (χ4n) is 2.18. The van der Waals surface area contributed by atoms with E-state index in [9.17, 15) is 9.59 Å². The highest BCUT2D eigenvalue weighted by Gasteiger charge is 2.13. The highest BCUT2D eigenvalue weighted by atomic mass is 32.1. The number of amides is 2. The van der Waals surface area contributed by atoms with Crippen LogP contribution in [-0.4, -0.2) is 37.0 Å². The van der Waals surface area contributed by atoms with Gasteiger partial charge in [0.2, 0.25) is 0 Å².